The van der Waals surface area contributed by atoms with Crippen molar-refractivity contribution in [2.45, 2.75) is 76.5 Å². The van der Waals surface area contributed by atoms with Gasteiger partial charge in [-0.3, -0.25) is 9.36 Å². The maximum absolute atomic E-state index is 14.1. The van der Waals surface area contributed by atoms with E-state index in [-0.39, 0.29) is 35.2 Å². The Kier molecular flexibility index (Phi) is 12.1. The zero-order chi connectivity index (χ0) is 42.8. The molecule has 2 atom stereocenters. The van der Waals surface area contributed by atoms with E-state index in [1.54, 1.807) is 29.7 Å². The van der Waals surface area contributed by atoms with E-state index in [0.29, 0.717) is 72.8 Å². The molecule has 0 saturated carbocycles. The molecule has 320 valence electrons. The predicted octanol–water partition coefficient (Wildman–Crippen LogP) is 6.03. The minimum atomic E-state index is -1.27. The lowest BCUT2D eigenvalue weighted by atomic mass is 9.91. The molecule has 1 saturated heterocycles. The van der Waals surface area contributed by atoms with Crippen LogP contribution in [0.4, 0.5) is 9.18 Å². The van der Waals surface area contributed by atoms with Crippen LogP contribution in [0.25, 0.3) is 21.9 Å². The molecular weight excluding hydrogens is 786 g/mol. The number of phenolic OH excluding ortho intramolecular Hbond substituents is 2. The molecule has 6 aromatic rings. The van der Waals surface area contributed by atoms with Crippen LogP contribution in [-0.2, 0) is 35.3 Å². The number of carbonyl (C=O) groups excluding carboxylic acids is 2. The van der Waals surface area contributed by atoms with Gasteiger partial charge in [0.05, 0.1) is 5.69 Å². The van der Waals surface area contributed by atoms with E-state index in [1.807, 2.05) is 26.4 Å². The number of hydrogen-bond donors (Lipinski definition) is 4. The summed E-state index contributed by atoms with van der Waals surface area (Å²) in [7, 11) is 3.96. The number of aryl methyl sites for hydroxylation is 1. The van der Waals surface area contributed by atoms with Crippen molar-refractivity contribution in [2.75, 3.05) is 40.3 Å². The van der Waals surface area contributed by atoms with Crippen LogP contribution in [0, 0.1) is 12.7 Å². The number of esters is 1. The first-order valence-corrected chi connectivity index (χ1v) is 20.7. The lowest BCUT2D eigenvalue weighted by molar-refractivity contribution is -0.153. The van der Waals surface area contributed by atoms with E-state index >= 15 is 0 Å². The van der Waals surface area contributed by atoms with Gasteiger partial charge < -0.3 is 44.3 Å². The summed E-state index contributed by atoms with van der Waals surface area (Å²) in [6, 6.07) is 12.7. The van der Waals surface area contributed by atoms with Crippen LogP contribution >= 0.6 is 0 Å². The molecule has 0 aliphatic carbocycles. The van der Waals surface area contributed by atoms with Gasteiger partial charge in [0.2, 0.25) is 0 Å². The maximum atomic E-state index is 14.1. The Hall–Kier alpha value is -6.26. The molecule has 4 N–H and O–H groups in total. The van der Waals surface area contributed by atoms with Crippen molar-refractivity contribution in [1.82, 2.24) is 34.8 Å². The van der Waals surface area contributed by atoms with Gasteiger partial charge in [0, 0.05) is 71.8 Å². The zero-order valence-electron chi connectivity index (χ0n) is 34.4. The molecule has 3 aromatic carbocycles. The Morgan fingerprint density at radius 3 is 2.66 bits per heavy atom. The van der Waals surface area contributed by atoms with Crippen LogP contribution < -0.4 is 15.6 Å². The normalized spacial score (nSPS) is 16.5. The molecule has 2 aliphatic rings. The lowest BCUT2D eigenvalue weighted by Crippen LogP contribution is -2.45. The highest BCUT2D eigenvalue weighted by Gasteiger charge is 2.33. The maximum Gasteiger partial charge on any atom is 0.413 e. The number of hydrogen-bond acceptors (Lipinski definition) is 12. The third-order valence-corrected chi connectivity index (χ3v) is 11.8. The second kappa shape index (κ2) is 17.8. The van der Waals surface area contributed by atoms with Crippen molar-refractivity contribution in [3.8, 4) is 17.2 Å². The number of benzene rings is 3. The standard InChI is InChI=1S/C45H50FN7O8/c1-26-31(16-21-52-19-14-28(15-20-52)41-32-11-10-30(46)24-39(32)61-50-41)43(56)53-17-5-8-38(42(53)48-26)59-44(57)34(22-27-9-12-35(54)36(55)23-27)49-45(58)60-37-7-4-6-33-40(37)29(25-47-33)13-18-51(2)3/h4,6-7,9-12,23-25,28,34,38,47,54-55H,5,8,13-22H2,1-3H3,(H,49,58)/t34-,38?/m0/s1. The molecule has 1 unspecified atom stereocenters. The van der Waals surface area contributed by atoms with Gasteiger partial charge in [-0.15, -0.1) is 0 Å². The number of phenols is 2. The van der Waals surface area contributed by atoms with Gasteiger partial charge >= 0.3 is 12.1 Å². The predicted molar refractivity (Wildman–Crippen MR) is 224 cm³/mol. The number of rotatable bonds is 13. The Bertz CT molecular complexity index is 2630. The van der Waals surface area contributed by atoms with E-state index in [4.69, 9.17) is 19.0 Å². The number of amides is 1. The van der Waals surface area contributed by atoms with Gasteiger partial charge in [-0.05, 0) is 120 Å². The smallest absolute Gasteiger partial charge is 0.413 e. The number of nitrogens with one attached hydrogen (secondary N) is 2. The number of likely N-dealkylation sites (N-methyl/N-ethyl adjacent to an activating group) is 1. The lowest BCUT2D eigenvalue weighted by Gasteiger charge is -2.31. The van der Waals surface area contributed by atoms with Gasteiger partial charge in [0.15, 0.2) is 29.0 Å². The molecule has 1 amide bonds. The van der Waals surface area contributed by atoms with E-state index in [0.717, 1.165) is 60.0 Å². The fourth-order valence-electron chi connectivity index (χ4n) is 8.54. The van der Waals surface area contributed by atoms with Crippen molar-refractivity contribution in [1.29, 1.82) is 0 Å². The number of fused-ring (bicyclic) bond motifs is 3. The molecule has 8 rings (SSSR count). The van der Waals surface area contributed by atoms with Crippen molar-refractivity contribution in [3.63, 3.8) is 0 Å². The molecule has 2 aliphatic heterocycles. The summed E-state index contributed by atoms with van der Waals surface area (Å²) in [6.07, 6.45) is 3.96. The fourth-order valence-corrected chi connectivity index (χ4v) is 8.54. The Morgan fingerprint density at radius 2 is 1.87 bits per heavy atom. The second-order valence-corrected chi connectivity index (χ2v) is 16.3. The summed E-state index contributed by atoms with van der Waals surface area (Å²) >= 11 is 0. The Balaban J connectivity index is 0.949. The highest BCUT2D eigenvalue weighted by molar-refractivity contribution is 5.92. The first-order valence-electron chi connectivity index (χ1n) is 20.7. The average molecular weight is 836 g/mol. The number of aromatic amines is 1. The number of ether oxygens (including phenoxy) is 2. The first kappa shape index (κ1) is 41.5. The van der Waals surface area contributed by atoms with Gasteiger partial charge in [0.1, 0.15) is 17.6 Å². The SMILES string of the molecule is Cc1nc2n(c(=O)c1CCN1CCC(c3noc4cc(F)ccc34)CC1)CCCC2OC(=O)[C@H](Cc1ccc(O)c(O)c1)NC(=O)Oc1cccc2[nH]cc(CCN(C)C)c12. The van der Waals surface area contributed by atoms with Crippen LogP contribution in [0.1, 0.15) is 71.6 Å². The van der Waals surface area contributed by atoms with E-state index < -0.39 is 24.2 Å². The van der Waals surface area contributed by atoms with Crippen molar-refractivity contribution >= 4 is 33.9 Å². The monoisotopic (exact) mass is 835 g/mol. The van der Waals surface area contributed by atoms with Crippen LogP contribution in [0.3, 0.4) is 0 Å². The number of aromatic hydroxyl groups is 2. The van der Waals surface area contributed by atoms with Gasteiger partial charge in [-0.25, -0.2) is 19.0 Å². The van der Waals surface area contributed by atoms with Crippen LogP contribution in [-0.4, -0.2) is 98.1 Å². The van der Waals surface area contributed by atoms with Gasteiger partial charge in [-0.1, -0.05) is 17.3 Å². The summed E-state index contributed by atoms with van der Waals surface area (Å²) in [6.45, 7) is 5.28. The fraction of sp³-hybridized carbons (Fsp3) is 0.400. The summed E-state index contributed by atoms with van der Waals surface area (Å²) in [5.74, 6) is -0.984. The number of aromatic nitrogens is 4. The second-order valence-electron chi connectivity index (χ2n) is 16.3. The summed E-state index contributed by atoms with van der Waals surface area (Å²) in [5, 5.41) is 28.7. The van der Waals surface area contributed by atoms with Crippen molar-refractivity contribution in [2.24, 2.45) is 0 Å². The number of halogens is 1. The highest BCUT2D eigenvalue weighted by atomic mass is 19.1. The van der Waals surface area contributed by atoms with E-state index in [2.05, 4.69) is 25.3 Å². The first-order chi connectivity index (χ1) is 29.4. The zero-order valence-corrected chi connectivity index (χ0v) is 34.4. The highest BCUT2D eigenvalue weighted by Crippen LogP contribution is 2.34. The summed E-state index contributed by atoms with van der Waals surface area (Å²) < 4.78 is 32.6. The molecule has 15 nitrogen and oxygen atoms in total. The Morgan fingerprint density at radius 1 is 1.05 bits per heavy atom. The molecule has 3 aromatic heterocycles. The quantitative estimate of drug-likeness (QED) is 0.0783. The molecule has 1 fully saturated rings. The van der Waals surface area contributed by atoms with E-state index in [1.165, 1.54) is 30.3 Å². The number of carbonyl (C=O) groups is 2. The van der Waals surface area contributed by atoms with Crippen molar-refractivity contribution in [3.05, 3.63) is 111 Å². The number of piperidine rings is 1. The number of nitrogens with zero attached hydrogens (tertiary/aromatic N) is 5. The number of likely N-dealkylation sites (tertiary alicyclic amines) is 1. The Labute approximate surface area is 351 Å². The molecular formula is C45H50FN7O8. The van der Waals surface area contributed by atoms with Crippen LogP contribution in [0.5, 0.6) is 17.2 Å². The molecule has 0 spiro atoms. The van der Waals surface area contributed by atoms with Crippen LogP contribution in [0.15, 0.2) is 70.1 Å². The largest absolute Gasteiger partial charge is 0.504 e. The van der Waals surface area contributed by atoms with Gasteiger partial charge in [-0.2, -0.15) is 0 Å². The van der Waals surface area contributed by atoms with E-state index in [9.17, 15) is 29.0 Å². The summed E-state index contributed by atoms with van der Waals surface area (Å²) in [5.41, 5.74) is 4.53. The van der Waals surface area contributed by atoms with Crippen molar-refractivity contribution < 1.29 is 38.2 Å². The molecule has 61 heavy (non-hydrogen) atoms. The number of H-pyrrole nitrogens is 1. The third-order valence-electron chi connectivity index (χ3n) is 11.8. The van der Waals surface area contributed by atoms with Gasteiger partial charge in [0.25, 0.3) is 5.56 Å². The molecule has 0 radical (unpaired) electrons. The summed E-state index contributed by atoms with van der Waals surface area (Å²) in [4.78, 5) is 54.1. The molecule has 16 heteroatoms. The minimum Gasteiger partial charge on any atom is -0.504 e. The topological polar surface area (TPSA) is 188 Å². The molecule has 5 heterocycles. The molecule has 0 bridgehead atoms. The minimum absolute atomic E-state index is 0.0957. The van der Waals surface area contributed by atoms with Crippen LogP contribution in [0.2, 0.25) is 0 Å². The average Bonchev–Trinajstić information content (AvgIpc) is 3.86. The third kappa shape index (κ3) is 9.10.